The average Bonchev–Trinajstić information content (AvgIpc) is 2.37. The summed E-state index contributed by atoms with van der Waals surface area (Å²) >= 11 is 0. The van der Waals surface area contributed by atoms with Crippen LogP contribution in [0.4, 0.5) is 4.79 Å². The van der Waals surface area contributed by atoms with E-state index in [1.54, 1.807) is 27.0 Å². The number of aromatic nitrogens is 1. The third kappa shape index (κ3) is 6.29. The fraction of sp³-hybridized carbons (Fsp3) is 0.500. The third-order valence-corrected chi connectivity index (χ3v) is 2.59. The molecule has 1 atom stereocenters. The fourth-order valence-corrected chi connectivity index (χ4v) is 1.64. The lowest BCUT2D eigenvalue weighted by Gasteiger charge is -2.22. The molecule has 0 aliphatic rings. The first-order valence-electron chi connectivity index (χ1n) is 6.70. The zero-order valence-corrected chi connectivity index (χ0v) is 13.1. The van der Waals surface area contributed by atoms with Crippen LogP contribution in [0.2, 0.25) is 0 Å². The van der Waals surface area contributed by atoms with E-state index in [-0.39, 0.29) is 0 Å². The number of nitrogens with one attached hydrogen (secondary N) is 1. The number of ether oxygens (including phenoxy) is 2. The Labute approximate surface area is 125 Å². The van der Waals surface area contributed by atoms with Gasteiger partial charge in [0.15, 0.2) is 7.85 Å². The van der Waals surface area contributed by atoms with Crippen LogP contribution in [0.5, 0.6) is 0 Å². The summed E-state index contributed by atoms with van der Waals surface area (Å²) in [5, 5.41) is 2.52. The Morgan fingerprint density at radius 2 is 2.05 bits per heavy atom. The summed E-state index contributed by atoms with van der Waals surface area (Å²) in [6.45, 7) is 5.26. The zero-order chi connectivity index (χ0) is 16.0. The monoisotopic (exact) mass is 292 g/mol. The Kier molecular flexibility index (Phi) is 5.75. The van der Waals surface area contributed by atoms with Crippen molar-refractivity contribution in [3.63, 3.8) is 0 Å². The molecule has 1 amide bonds. The predicted octanol–water partition coefficient (Wildman–Crippen LogP) is -0.0512. The van der Waals surface area contributed by atoms with Gasteiger partial charge in [-0.25, -0.2) is 9.59 Å². The third-order valence-electron chi connectivity index (χ3n) is 2.59. The molecule has 1 N–H and O–H groups in total. The molecular weight excluding hydrogens is 271 g/mol. The number of nitrogens with zero attached hydrogens (tertiary/aromatic N) is 1. The van der Waals surface area contributed by atoms with Gasteiger partial charge in [0, 0.05) is 12.6 Å². The van der Waals surface area contributed by atoms with Crippen LogP contribution in [0.1, 0.15) is 26.3 Å². The van der Waals surface area contributed by atoms with Crippen LogP contribution >= 0.6 is 0 Å². The van der Waals surface area contributed by atoms with E-state index in [1.165, 1.54) is 7.11 Å². The lowest BCUT2D eigenvalue weighted by molar-refractivity contribution is -0.143. The number of hydrogen-bond acceptors (Lipinski definition) is 5. The first kappa shape index (κ1) is 17.0. The molecule has 0 aliphatic carbocycles. The summed E-state index contributed by atoms with van der Waals surface area (Å²) in [7, 11) is 3.15. The molecule has 0 unspecified atom stereocenters. The minimum atomic E-state index is -0.811. The van der Waals surface area contributed by atoms with Crippen molar-refractivity contribution in [3.8, 4) is 0 Å². The summed E-state index contributed by atoms with van der Waals surface area (Å²) in [6, 6.07) is 2.89. The van der Waals surface area contributed by atoms with E-state index >= 15 is 0 Å². The molecule has 114 valence electrons. The minimum Gasteiger partial charge on any atom is -0.467 e. The molecule has 0 fully saturated rings. The lowest BCUT2D eigenvalue weighted by atomic mass is 10.0. The number of hydrogen-bond donors (Lipinski definition) is 1. The molecule has 7 heteroatoms. The highest BCUT2D eigenvalue weighted by Crippen LogP contribution is 2.08. The van der Waals surface area contributed by atoms with Gasteiger partial charge in [0.05, 0.1) is 7.11 Å². The minimum absolute atomic E-state index is 0.291. The van der Waals surface area contributed by atoms with E-state index in [2.05, 4.69) is 10.3 Å². The summed E-state index contributed by atoms with van der Waals surface area (Å²) < 4.78 is 9.86. The Bertz CT molecular complexity index is 497. The van der Waals surface area contributed by atoms with E-state index < -0.39 is 23.7 Å². The van der Waals surface area contributed by atoms with Crippen LogP contribution in [0, 0.1) is 0 Å². The Morgan fingerprint density at radius 1 is 1.38 bits per heavy atom. The molecule has 6 nitrogen and oxygen atoms in total. The molecular formula is C14H21BN2O4. The largest absolute Gasteiger partial charge is 0.467 e. The first-order valence-corrected chi connectivity index (χ1v) is 6.70. The highest BCUT2D eigenvalue weighted by atomic mass is 16.6. The van der Waals surface area contributed by atoms with Gasteiger partial charge in [0.2, 0.25) is 0 Å². The van der Waals surface area contributed by atoms with E-state index in [0.29, 0.717) is 6.42 Å². The molecule has 21 heavy (non-hydrogen) atoms. The van der Waals surface area contributed by atoms with Crippen molar-refractivity contribution in [1.82, 2.24) is 10.3 Å². The molecule has 0 bridgehead atoms. The molecule has 0 saturated heterocycles. The first-order chi connectivity index (χ1) is 9.71. The Morgan fingerprint density at radius 3 is 2.52 bits per heavy atom. The van der Waals surface area contributed by atoms with Crippen LogP contribution < -0.4 is 10.9 Å². The van der Waals surface area contributed by atoms with Crippen LogP contribution in [0.15, 0.2) is 18.3 Å². The van der Waals surface area contributed by atoms with Gasteiger partial charge in [-0.3, -0.25) is 4.98 Å². The molecule has 0 spiro atoms. The lowest BCUT2D eigenvalue weighted by Crippen LogP contribution is -2.45. The highest BCUT2D eigenvalue weighted by molar-refractivity contribution is 6.30. The molecule has 0 aliphatic heterocycles. The second-order valence-corrected chi connectivity index (χ2v) is 5.73. The Balaban J connectivity index is 2.74. The van der Waals surface area contributed by atoms with Crippen LogP contribution in [0.3, 0.4) is 0 Å². The number of esters is 1. The topological polar surface area (TPSA) is 77.5 Å². The normalized spacial score (nSPS) is 12.4. The van der Waals surface area contributed by atoms with E-state index in [1.807, 2.05) is 20.0 Å². The molecule has 0 aromatic carbocycles. The van der Waals surface area contributed by atoms with Crippen molar-refractivity contribution in [3.05, 3.63) is 23.9 Å². The quantitative estimate of drug-likeness (QED) is 0.622. The van der Waals surface area contributed by atoms with E-state index in [9.17, 15) is 9.59 Å². The van der Waals surface area contributed by atoms with Gasteiger partial charge in [-0.15, -0.1) is 0 Å². The maximum absolute atomic E-state index is 11.8. The number of methoxy groups -OCH3 is 1. The second kappa shape index (κ2) is 7.10. The van der Waals surface area contributed by atoms with Gasteiger partial charge in [0.1, 0.15) is 11.6 Å². The predicted molar refractivity (Wildman–Crippen MR) is 81.3 cm³/mol. The summed E-state index contributed by atoms with van der Waals surface area (Å²) in [4.78, 5) is 27.7. The SMILES string of the molecule is Bc1ccc(C[C@H](NC(=O)OC(C)(C)C)C(=O)OC)cn1. The highest BCUT2D eigenvalue weighted by Gasteiger charge is 2.25. The number of pyridine rings is 1. The van der Waals surface area contributed by atoms with E-state index in [0.717, 1.165) is 11.2 Å². The number of amides is 1. The summed E-state index contributed by atoms with van der Waals surface area (Å²) in [6.07, 6.45) is 1.30. The van der Waals surface area contributed by atoms with Crippen molar-refractivity contribution in [1.29, 1.82) is 0 Å². The van der Waals surface area contributed by atoms with Crippen LogP contribution in [0.25, 0.3) is 0 Å². The number of carbonyl (C=O) groups excluding carboxylic acids is 2. The molecule has 1 heterocycles. The average molecular weight is 292 g/mol. The fourth-order valence-electron chi connectivity index (χ4n) is 1.64. The molecule has 0 radical (unpaired) electrons. The molecule has 1 aromatic heterocycles. The second-order valence-electron chi connectivity index (χ2n) is 5.73. The zero-order valence-electron chi connectivity index (χ0n) is 13.1. The van der Waals surface area contributed by atoms with Gasteiger partial charge in [-0.1, -0.05) is 12.1 Å². The van der Waals surface area contributed by atoms with Gasteiger partial charge in [-0.05, 0) is 31.9 Å². The molecule has 1 rings (SSSR count). The number of alkyl carbamates (subject to hydrolysis) is 1. The smallest absolute Gasteiger partial charge is 0.408 e. The summed E-state index contributed by atoms with van der Waals surface area (Å²) in [5.74, 6) is -0.526. The van der Waals surface area contributed by atoms with Gasteiger partial charge < -0.3 is 14.8 Å². The van der Waals surface area contributed by atoms with Crippen molar-refractivity contribution < 1.29 is 19.1 Å². The standard InChI is InChI=1S/C14H21BN2O4/c1-14(2,3)21-13(19)17-10(12(18)20-4)7-9-5-6-11(15)16-8-9/h5-6,8,10H,7,15H2,1-4H3,(H,17,19)/t10-/m0/s1. The molecule has 1 aromatic rings. The Hall–Kier alpha value is -2.05. The van der Waals surface area contributed by atoms with Crippen molar-refractivity contribution in [2.75, 3.05) is 7.11 Å². The number of carbonyl (C=O) groups is 2. The van der Waals surface area contributed by atoms with Crippen molar-refractivity contribution in [2.24, 2.45) is 0 Å². The van der Waals surface area contributed by atoms with Gasteiger partial charge in [-0.2, -0.15) is 0 Å². The van der Waals surface area contributed by atoms with E-state index in [4.69, 9.17) is 9.47 Å². The van der Waals surface area contributed by atoms with Gasteiger partial charge in [0.25, 0.3) is 0 Å². The maximum atomic E-state index is 11.8. The number of rotatable bonds is 4. The van der Waals surface area contributed by atoms with Crippen LogP contribution in [-0.4, -0.2) is 43.6 Å². The maximum Gasteiger partial charge on any atom is 0.408 e. The summed E-state index contributed by atoms with van der Waals surface area (Å²) in [5.41, 5.74) is 1.08. The van der Waals surface area contributed by atoms with Gasteiger partial charge >= 0.3 is 12.1 Å². The molecule has 0 saturated carbocycles. The van der Waals surface area contributed by atoms with Crippen molar-refractivity contribution >= 4 is 25.5 Å². The van der Waals surface area contributed by atoms with Crippen LogP contribution in [-0.2, 0) is 20.7 Å². The van der Waals surface area contributed by atoms with Crippen molar-refractivity contribution in [2.45, 2.75) is 38.8 Å².